The molecule has 0 aliphatic carbocycles. The number of carbonyl (C=O) groups excluding carboxylic acids is 2. The van der Waals surface area contributed by atoms with E-state index >= 15 is 0 Å². The van der Waals surface area contributed by atoms with E-state index in [-0.39, 0.29) is 23.5 Å². The van der Waals surface area contributed by atoms with E-state index in [9.17, 15) is 14.0 Å². The Morgan fingerprint density at radius 3 is 2.79 bits per heavy atom. The fourth-order valence-electron chi connectivity index (χ4n) is 3.86. The minimum absolute atomic E-state index is 0.0728. The third kappa shape index (κ3) is 3.99. The molecular formula is C22H23FN4O2. The van der Waals surface area contributed by atoms with Gasteiger partial charge in [0.25, 0.3) is 5.91 Å². The van der Waals surface area contributed by atoms with Crippen molar-refractivity contribution in [2.24, 2.45) is 5.92 Å². The molecule has 1 atom stereocenters. The number of fused-ring (bicyclic) bond motifs is 1. The quantitative estimate of drug-likeness (QED) is 0.740. The van der Waals surface area contributed by atoms with Gasteiger partial charge in [0.2, 0.25) is 5.91 Å². The van der Waals surface area contributed by atoms with E-state index in [2.05, 4.69) is 10.3 Å². The highest BCUT2D eigenvalue weighted by Crippen LogP contribution is 2.20. The zero-order valence-corrected chi connectivity index (χ0v) is 16.3. The zero-order chi connectivity index (χ0) is 20.4. The summed E-state index contributed by atoms with van der Waals surface area (Å²) in [7, 11) is 0. The number of aromatic nitrogens is 2. The molecule has 3 aromatic rings. The standard InChI is InChI=1S/C22H23FN4O2/c1-15-25-19(20-6-2-3-12-27(15)20)13-24-21(28)17-5-4-11-26(14-17)22(29)16-7-9-18(23)10-8-16/h2-3,6-10,12,17H,4-5,11,13-14H2,1H3,(H,24,28). The molecule has 3 heterocycles. The number of aryl methyl sites for hydroxylation is 1. The van der Waals surface area contributed by atoms with Crippen LogP contribution in [0.4, 0.5) is 4.39 Å². The van der Waals surface area contributed by atoms with Gasteiger partial charge < -0.3 is 14.6 Å². The van der Waals surface area contributed by atoms with Crippen molar-refractivity contribution in [3.63, 3.8) is 0 Å². The molecule has 1 unspecified atom stereocenters. The summed E-state index contributed by atoms with van der Waals surface area (Å²) in [6, 6.07) is 11.4. The number of halogens is 1. The van der Waals surface area contributed by atoms with Crippen molar-refractivity contribution < 1.29 is 14.0 Å². The summed E-state index contributed by atoms with van der Waals surface area (Å²) in [5, 5.41) is 2.98. The van der Waals surface area contributed by atoms with Crippen LogP contribution in [0.15, 0.2) is 48.7 Å². The Hall–Kier alpha value is -3.22. The highest BCUT2D eigenvalue weighted by molar-refractivity contribution is 5.94. The average molecular weight is 394 g/mol. The molecule has 1 saturated heterocycles. The van der Waals surface area contributed by atoms with Crippen molar-refractivity contribution in [2.75, 3.05) is 13.1 Å². The molecule has 0 spiro atoms. The van der Waals surface area contributed by atoms with Gasteiger partial charge in [0, 0.05) is 24.8 Å². The first-order valence-corrected chi connectivity index (χ1v) is 9.78. The molecule has 6 nitrogen and oxygen atoms in total. The van der Waals surface area contributed by atoms with Gasteiger partial charge in [0.05, 0.1) is 23.7 Å². The predicted octanol–water partition coefficient (Wildman–Crippen LogP) is 2.95. The van der Waals surface area contributed by atoms with E-state index in [1.165, 1.54) is 24.3 Å². The molecule has 7 heteroatoms. The third-order valence-electron chi connectivity index (χ3n) is 5.40. The Morgan fingerprint density at radius 1 is 1.21 bits per heavy atom. The topological polar surface area (TPSA) is 66.7 Å². The second kappa shape index (κ2) is 8.03. The zero-order valence-electron chi connectivity index (χ0n) is 16.3. The number of likely N-dealkylation sites (tertiary alicyclic amines) is 1. The molecule has 1 aliphatic heterocycles. The predicted molar refractivity (Wildman–Crippen MR) is 107 cm³/mol. The SMILES string of the molecule is Cc1nc(CNC(=O)C2CCCN(C(=O)c3ccc(F)cc3)C2)c2ccccn12. The molecule has 1 aliphatic rings. The first kappa shape index (κ1) is 19.1. The number of pyridine rings is 1. The summed E-state index contributed by atoms with van der Waals surface area (Å²) in [5.41, 5.74) is 2.24. The maximum atomic E-state index is 13.1. The molecule has 1 aromatic carbocycles. The van der Waals surface area contributed by atoms with E-state index in [0.29, 0.717) is 25.2 Å². The Labute approximate surface area is 168 Å². The van der Waals surface area contributed by atoms with Crippen LogP contribution in [0.5, 0.6) is 0 Å². The monoisotopic (exact) mass is 394 g/mol. The van der Waals surface area contributed by atoms with Crippen LogP contribution in [0.2, 0.25) is 0 Å². The molecular weight excluding hydrogens is 371 g/mol. The van der Waals surface area contributed by atoms with Crippen LogP contribution in [0.1, 0.15) is 34.7 Å². The maximum Gasteiger partial charge on any atom is 0.253 e. The lowest BCUT2D eigenvalue weighted by Gasteiger charge is -2.32. The smallest absolute Gasteiger partial charge is 0.253 e. The fourth-order valence-corrected chi connectivity index (χ4v) is 3.86. The summed E-state index contributed by atoms with van der Waals surface area (Å²) in [5.74, 6) is -0.00392. The second-order valence-corrected chi connectivity index (χ2v) is 7.38. The van der Waals surface area contributed by atoms with Gasteiger partial charge in [-0.2, -0.15) is 0 Å². The number of amides is 2. The molecule has 2 amide bonds. The Kier molecular flexibility index (Phi) is 5.29. The summed E-state index contributed by atoms with van der Waals surface area (Å²) < 4.78 is 15.1. The van der Waals surface area contributed by atoms with Gasteiger partial charge in [-0.25, -0.2) is 9.37 Å². The lowest BCUT2D eigenvalue weighted by atomic mass is 9.96. The number of rotatable bonds is 4. The third-order valence-corrected chi connectivity index (χ3v) is 5.40. The van der Waals surface area contributed by atoms with Crippen molar-refractivity contribution in [3.05, 3.63) is 71.6 Å². The van der Waals surface area contributed by atoms with E-state index < -0.39 is 0 Å². The number of benzene rings is 1. The largest absolute Gasteiger partial charge is 0.350 e. The summed E-state index contributed by atoms with van der Waals surface area (Å²) in [4.78, 5) is 31.6. The number of hydrogen-bond acceptors (Lipinski definition) is 3. The highest BCUT2D eigenvalue weighted by atomic mass is 19.1. The molecule has 0 saturated carbocycles. The van der Waals surface area contributed by atoms with Crippen LogP contribution in [0.3, 0.4) is 0 Å². The Morgan fingerprint density at radius 2 is 2.00 bits per heavy atom. The molecule has 150 valence electrons. The molecule has 29 heavy (non-hydrogen) atoms. The first-order chi connectivity index (χ1) is 14.0. The summed E-state index contributed by atoms with van der Waals surface area (Å²) in [6.07, 6.45) is 3.45. The van der Waals surface area contributed by atoms with Gasteiger partial charge in [-0.1, -0.05) is 6.07 Å². The summed E-state index contributed by atoms with van der Waals surface area (Å²) >= 11 is 0. The van der Waals surface area contributed by atoms with Crippen molar-refractivity contribution in [3.8, 4) is 0 Å². The maximum absolute atomic E-state index is 13.1. The van der Waals surface area contributed by atoms with Gasteiger partial charge in [-0.3, -0.25) is 9.59 Å². The second-order valence-electron chi connectivity index (χ2n) is 7.38. The van der Waals surface area contributed by atoms with E-state index in [4.69, 9.17) is 0 Å². The average Bonchev–Trinajstić information content (AvgIpc) is 3.08. The molecule has 1 N–H and O–H groups in total. The molecule has 2 aromatic heterocycles. The van der Waals surface area contributed by atoms with Crippen LogP contribution < -0.4 is 5.32 Å². The molecule has 0 radical (unpaired) electrons. The fraction of sp³-hybridized carbons (Fsp3) is 0.318. The lowest BCUT2D eigenvalue weighted by molar-refractivity contribution is -0.126. The van der Waals surface area contributed by atoms with Crippen LogP contribution in [0.25, 0.3) is 5.52 Å². The van der Waals surface area contributed by atoms with E-state index in [1.807, 2.05) is 35.7 Å². The number of nitrogens with zero attached hydrogens (tertiary/aromatic N) is 3. The normalized spacial score (nSPS) is 16.8. The van der Waals surface area contributed by atoms with Crippen molar-refractivity contribution in [1.29, 1.82) is 0 Å². The van der Waals surface area contributed by atoms with Crippen molar-refractivity contribution in [2.45, 2.75) is 26.3 Å². The van der Waals surface area contributed by atoms with Gasteiger partial charge in [-0.05, 0) is 56.2 Å². The van der Waals surface area contributed by atoms with Crippen LogP contribution in [-0.4, -0.2) is 39.2 Å². The van der Waals surface area contributed by atoms with Crippen molar-refractivity contribution in [1.82, 2.24) is 19.6 Å². The molecule has 0 bridgehead atoms. The van der Waals surface area contributed by atoms with Crippen LogP contribution in [0, 0.1) is 18.7 Å². The minimum atomic E-state index is -0.375. The van der Waals surface area contributed by atoms with Gasteiger partial charge in [0.1, 0.15) is 11.6 Å². The number of nitrogens with one attached hydrogen (secondary N) is 1. The Bertz CT molecular complexity index is 1040. The molecule has 1 fully saturated rings. The number of piperidine rings is 1. The highest BCUT2D eigenvalue weighted by Gasteiger charge is 2.29. The first-order valence-electron chi connectivity index (χ1n) is 9.78. The number of carbonyl (C=O) groups is 2. The van der Waals surface area contributed by atoms with Crippen molar-refractivity contribution >= 4 is 17.3 Å². The van der Waals surface area contributed by atoms with Gasteiger partial charge in [0.15, 0.2) is 0 Å². The summed E-state index contributed by atoms with van der Waals surface area (Å²) in [6.45, 7) is 3.25. The number of hydrogen-bond donors (Lipinski definition) is 1. The van der Waals surface area contributed by atoms with Gasteiger partial charge in [-0.15, -0.1) is 0 Å². The van der Waals surface area contributed by atoms with Crippen LogP contribution in [-0.2, 0) is 11.3 Å². The number of imidazole rings is 1. The lowest BCUT2D eigenvalue weighted by Crippen LogP contribution is -2.45. The molecule has 4 rings (SSSR count). The van der Waals surface area contributed by atoms with Crippen LogP contribution >= 0.6 is 0 Å². The van der Waals surface area contributed by atoms with E-state index in [0.717, 1.165) is 29.9 Å². The minimum Gasteiger partial charge on any atom is -0.350 e. The Balaban J connectivity index is 1.39. The van der Waals surface area contributed by atoms with Gasteiger partial charge >= 0.3 is 0 Å². The van der Waals surface area contributed by atoms with E-state index in [1.54, 1.807) is 4.90 Å².